The predicted octanol–water partition coefficient (Wildman–Crippen LogP) is -0.498. The summed E-state index contributed by atoms with van der Waals surface area (Å²) in [4.78, 5) is 17.7. The lowest BCUT2D eigenvalue weighted by molar-refractivity contribution is -0.894. The third-order valence-corrected chi connectivity index (χ3v) is 4.03. The van der Waals surface area contributed by atoms with Crippen LogP contribution in [0.4, 0.5) is 0 Å². The Hall–Kier alpha value is -1.47. The Kier molecular flexibility index (Phi) is 6.09. The Morgan fingerprint density at radius 3 is 2.45 bits per heavy atom. The molecule has 0 aliphatic heterocycles. The Balaban J connectivity index is 2.94. The van der Waals surface area contributed by atoms with Crippen LogP contribution in [-0.4, -0.2) is 46.6 Å². The van der Waals surface area contributed by atoms with Crippen molar-refractivity contribution >= 4 is 18.4 Å². The van der Waals surface area contributed by atoms with Crippen molar-refractivity contribution in [2.24, 2.45) is 19.1 Å². The van der Waals surface area contributed by atoms with Crippen molar-refractivity contribution in [3.63, 3.8) is 0 Å². The van der Waals surface area contributed by atoms with Gasteiger partial charge in [-0.2, -0.15) is 0 Å². The normalized spacial score (nSPS) is 11.7. The van der Waals surface area contributed by atoms with Gasteiger partial charge in [-0.05, 0) is 26.1 Å². The summed E-state index contributed by atoms with van der Waals surface area (Å²) >= 11 is 5.05. The average molecular weight is 299 g/mol. The third kappa shape index (κ3) is 3.55. The van der Waals surface area contributed by atoms with Gasteiger partial charge in [0.15, 0.2) is 4.77 Å². The molecule has 0 bridgehead atoms. The Morgan fingerprint density at radius 1 is 1.30 bits per heavy atom. The number of aromatic nitrogens is 2. The molecule has 2 N–H and O–H groups in total. The van der Waals surface area contributed by atoms with E-state index in [2.05, 4.69) is 18.8 Å². The highest BCUT2D eigenvalue weighted by atomic mass is 32.1. The SMILES string of the molecule is CC[NH+](CC)CCN=Cc1c(O)n(C)c(=S)n(C)c1=O. The summed E-state index contributed by atoms with van der Waals surface area (Å²) < 4.78 is 3.00. The molecule has 0 amide bonds. The highest BCUT2D eigenvalue weighted by Gasteiger charge is 2.11. The van der Waals surface area contributed by atoms with E-state index in [1.54, 1.807) is 14.1 Å². The quantitative estimate of drug-likeness (QED) is 0.550. The first-order valence-corrected chi connectivity index (χ1v) is 7.17. The standard InChI is InChI=1S/C13H22N4O2S/c1-5-17(6-2)8-7-14-9-10-11(18)15(3)13(20)16(4)12(10)19/h9,18H,5-8H2,1-4H3/p+1. The lowest BCUT2D eigenvalue weighted by atomic mass is 10.3. The van der Waals surface area contributed by atoms with Crippen molar-refractivity contribution in [2.45, 2.75) is 13.8 Å². The second kappa shape index (κ2) is 7.35. The van der Waals surface area contributed by atoms with Crippen molar-refractivity contribution in [1.29, 1.82) is 0 Å². The number of quaternary nitrogens is 1. The van der Waals surface area contributed by atoms with Crippen LogP contribution >= 0.6 is 12.2 Å². The summed E-state index contributed by atoms with van der Waals surface area (Å²) in [6.45, 7) is 7.91. The molecule has 0 aliphatic rings. The van der Waals surface area contributed by atoms with Gasteiger partial charge in [-0.25, -0.2) is 0 Å². The molecule has 1 aromatic heterocycles. The van der Waals surface area contributed by atoms with Gasteiger partial charge >= 0.3 is 0 Å². The van der Waals surface area contributed by atoms with Gasteiger partial charge in [0.1, 0.15) is 5.56 Å². The number of nitrogens with one attached hydrogen (secondary N) is 1. The molecule has 6 nitrogen and oxygen atoms in total. The lowest BCUT2D eigenvalue weighted by Crippen LogP contribution is -3.11. The zero-order valence-corrected chi connectivity index (χ0v) is 13.3. The van der Waals surface area contributed by atoms with E-state index in [1.807, 2.05) is 0 Å². The Labute approximate surface area is 124 Å². The van der Waals surface area contributed by atoms with Gasteiger partial charge in [0, 0.05) is 20.3 Å². The van der Waals surface area contributed by atoms with Crippen molar-refractivity contribution in [3.05, 3.63) is 20.7 Å². The molecule has 0 saturated carbocycles. The van der Waals surface area contributed by atoms with Crippen LogP contribution in [0.5, 0.6) is 5.88 Å². The molecule has 20 heavy (non-hydrogen) atoms. The van der Waals surface area contributed by atoms with Gasteiger partial charge in [-0.15, -0.1) is 0 Å². The number of hydrogen-bond donors (Lipinski definition) is 2. The van der Waals surface area contributed by atoms with E-state index in [0.29, 0.717) is 6.54 Å². The molecule has 7 heteroatoms. The van der Waals surface area contributed by atoms with Crippen LogP contribution in [0.3, 0.4) is 0 Å². The second-order valence-corrected chi connectivity index (χ2v) is 5.05. The highest BCUT2D eigenvalue weighted by Crippen LogP contribution is 2.09. The van der Waals surface area contributed by atoms with Crippen LogP contribution in [0.25, 0.3) is 0 Å². The van der Waals surface area contributed by atoms with Gasteiger partial charge in [0.05, 0.1) is 26.2 Å². The molecule has 0 aromatic carbocycles. The minimum absolute atomic E-state index is 0.142. The number of aromatic hydroxyl groups is 1. The molecule has 0 radical (unpaired) electrons. The van der Waals surface area contributed by atoms with Crippen molar-refractivity contribution in [2.75, 3.05) is 26.2 Å². The molecular formula is C13H23N4O2S+. The van der Waals surface area contributed by atoms with Crippen LogP contribution in [-0.2, 0) is 14.1 Å². The van der Waals surface area contributed by atoms with Gasteiger partial charge in [-0.1, -0.05) is 0 Å². The minimum Gasteiger partial charge on any atom is -0.494 e. The summed E-state index contributed by atoms with van der Waals surface area (Å²) in [5, 5.41) is 9.97. The van der Waals surface area contributed by atoms with E-state index in [9.17, 15) is 9.90 Å². The van der Waals surface area contributed by atoms with Crippen LogP contribution < -0.4 is 10.5 Å². The van der Waals surface area contributed by atoms with E-state index in [1.165, 1.54) is 20.2 Å². The molecule has 1 heterocycles. The first-order valence-electron chi connectivity index (χ1n) is 6.76. The molecule has 0 unspecified atom stereocenters. The topological polar surface area (TPSA) is 64.0 Å². The summed E-state index contributed by atoms with van der Waals surface area (Å²) in [6.07, 6.45) is 1.44. The molecule has 0 spiro atoms. The maximum absolute atomic E-state index is 12.0. The van der Waals surface area contributed by atoms with Gasteiger partial charge in [0.25, 0.3) is 5.56 Å². The fourth-order valence-corrected chi connectivity index (χ4v) is 2.12. The predicted molar refractivity (Wildman–Crippen MR) is 82.5 cm³/mol. The van der Waals surface area contributed by atoms with Gasteiger partial charge in [0.2, 0.25) is 5.88 Å². The number of nitrogens with zero attached hydrogens (tertiary/aromatic N) is 3. The van der Waals surface area contributed by atoms with Crippen LogP contribution in [0.15, 0.2) is 9.79 Å². The zero-order valence-electron chi connectivity index (χ0n) is 12.5. The molecule has 1 aromatic rings. The summed E-state index contributed by atoms with van der Waals surface area (Å²) in [6, 6.07) is 0. The lowest BCUT2D eigenvalue weighted by Gasteiger charge is -2.13. The number of likely N-dealkylation sites (N-methyl/N-ethyl adjacent to an activating group) is 1. The second-order valence-electron chi connectivity index (χ2n) is 4.69. The first kappa shape index (κ1) is 16.6. The smallest absolute Gasteiger partial charge is 0.266 e. The van der Waals surface area contributed by atoms with E-state index >= 15 is 0 Å². The summed E-state index contributed by atoms with van der Waals surface area (Å²) in [5.41, 5.74) is -0.150. The van der Waals surface area contributed by atoms with Crippen molar-refractivity contribution in [3.8, 4) is 5.88 Å². The molecular weight excluding hydrogens is 276 g/mol. The largest absolute Gasteiger partial charge is 0.494 e. The molecule has 0 fully saturated rings. The molecule has 0 saturated heterocycles. The van der Waals surface area contributed by atoms with Crippen molar-refractivity contribution in [1.82, 2.24) is 9.13 Å². The monoisotopic (exact) mass is 299 g/mol. The Morgan fingerprint density at radius 2 is 1.90 bits per heavy atom. The van der Waals surface area contributed by atoms with Crippen LogP contribution in [0.2, 0.25) is 0 Å². The first-order chi connectivity index (χ1) is 9.43. The number of hydrogen-bond acceptors (Lipinski definition) is 4. The fourth-order valence-electron chi connectivity index (χ4n) is 1.95. The molecule has 1 rings (SSSR count). The van der Waals surface area contributed by atoms with E-state index in [4.69, 9.17) is 12.2 Å². The average Bonchev–Trinajstić information content (AvgIpc) is 2.46. The number of rotatable bonds is 6. The van der Waals surface area contributed by atoms with E-state index < -0.39 is 0 Å². The van der Waals surface area contributed by atoms with E-state index in [-0.39, 0.29) is 21.8 Å². The maximum atomic E-state index is 12.0. The number of aliphatic imine (C=N–C) groups is 1. The van der Waals surface area contributed by atoms with Crippen LogP contribution in [0, 0.1) is 4.77 Å². The summed E-state index contributed by atoms with van der Waals surface area (Å²) in [5.74, 6) is -0.142. The third-order valence-electron chi connectivity index (χ3n) is 3.48. The van der Waals surface area contributed by atoms with Gasteiger partial charge < -0.3 is 10.0 Å². The fraction of sp³-hybridized carbons (Fsp3) is 0.615. The highest BCUT2D eigenvalue weighted by molar-refractivity contribution is 7.71. The molecule has 112 valence electrons. The maximum Gasteiger partial charge on any atom is 0.266 e. The van der Waals surface area contributed by atoms with Crippen molar-refractivity contribution < 1.29 is 10.0 Å². The van der Waals surface area contributed by atoms with Crippen LogP contribution in [0.1, 0.15) is 19.4 Å². The van der Waals surface area contributed by atoms with Gasteiger partial charge in [-0.3, -0.25) is 18.9 Å². The Bertz CT molecular complexity index is 600. The molecule has 0 aliphatic carbocycles. The van der Waals surface area contributed by atoms with E-state index in [0.717, 1.165) is 19.6 Å². The molecule has 0 atom stereocenters. The zero-order chi connectivity index (χ0) is 15.3. The summed E-state index contributed by atoms with van der Waals surface area (Å²) in [7, 11) is 3.20. The minimum atomic E-state index is -0.329.